The van der Waals surface area contributed by atoms with Crippen LogP contribution in [0.2, 0.25) is 0 Å². The molecule has 0 nitrogen and oxygen atoms in total. The first-order valence-electron chi connectivity index (χ1n) is 33.1. The van der Waals surface area contributed by atoms with Crippen molar-refractivity contribution in [2.45, 2.75) is 38.5 Å². The predicted octanol–water partition coefficient (Wildman–Crippen LogP) is 26.1. The van der Waals surface area contributed by atoms with Crippen LogP contribution < -0.4 is 0 Å². The zero-order valence-corrected chi connectivity index (χ0v) is 53.2. The average Bonchev–Trinajstić information content (AvgIpc) is 1.51. The molecule has 0 saturated heterocycles. The predicted molar refractivity (Wildman–Crippen MR) is 403 cm³/mol. The van der Waals surface area contributed by atoms with Crippen molar-refractivity contribution in [2.24, 2.45) is 0 Å². The maximum Gasteiger partial charge on any atom is 0.0165 e. The van der Waals surface area contributed by atoms with Crippen molar-refractivity contribution in [3.05, 3.63) is 350 Å². The van der Waals surface area contributed by atoms with E-state index in [4.69, 9.17) is 0 Å². The van der Waals surface area contributed by atoms with E-state index < -0.39 is 0 Å². The summed E-state index contributed by atoms with van der Waals surface area (Å²) in [5.74, 6) is 0. The van der Waals surface area contributed by atoms with Gasteiger partial charge in [-0.2, -0.15) is 0 Å². The van der Waals surface area contributed by atoms with Gasteiger partial charge >= 0.3 is 0 Å². The van der Waals surface area contributed by atoms with E-state index in [1.807, 2.05) is 0 Å². The van der Waals surface area contributed by atoms with Gasteiger partial charge in [-0.3, -0.25) is 0 Å². The zero-order chi connectivity index (χ0) is 62.8. The van der Waals surface area contributed by atoms with Gasteiger partial charge in [0.2, 0.25) is 0 Å². The number of hydrogen-bond acceptors (Lipinski definition) is 0. The van der Waals surface area contributed by atoms with Gasteiger partial charge in [0.15, 0.2) is 0 Å². The average molecular weight is 1200 g/mol. The lowest BCUT2D eigenvalue weighted by molar-refractivity contribution is 0.661. The summed E-state index contributed by atoms with van der Waals surface area (Å²) >= 11 is 0. The van der Waals surface area contributed by atoms with Crippen LogP contribution in [0.1, 0.15) is 49.9 Å². The van der Waals surface area contributed by atoms with Gasteiger partial charge in [-0.15, -0.1) is 0 Å². The molecule has 2 aliphatic carbocycles. The largest absolute Gasteiger partial charge is 0.0622 e. The summed E-state index contributed by atoms with van der Waals surface area (Å²) in [6.07, 6.45) is 0. The van der Waals surface area contributed by atoms with Crippen molar-refractivity contribution in [1.29, 1.82) is 0 Å². The summed E-state index contributed by atoms with van der Waals surface area (Å²) in [5, 5.41) is 18.2. The van der Waals surface area contributed by atoms with Gasteiger partial charge < -0.3 is 0 Å². The lowest BCUT2D eigenvalue weighted by Crippen LogP contribution is -2.15. The lowest BCUT2D eigenvalue weighted by Gasteiger charge is -2.24. The topological polar surface area (TPSA) is 0 Å². The Morgan fingerprint density at radius 2 is 0.447 bits per heavy atom. The van der Waals surface area contributed by atoms with Crippen molar-refractivity contribution in [3.63, 3.8) is 0 Å². The molecule has 17 aromatic rings. The highest BCUT2D eigenvalue weighted by molar-refractivity contribution is 6.24. The second-order valence-electron chi connectivity index (χ2n) is 26.9. The molecular formula is C94H66. The molecule has 0 heterocycles. The third-order valence-electron chi connectivity index (χ3n) is 21.1. The monoisotopic (exact) mass is 1190 g/mol. The van der Waals surface area contributed by atoms with Crippen molar-refractivity contribution in [3.8, 4) is 89.0 Å². The number of fused-ring (bicyclic) bond motifs is 16. The van der Waals surface area contributed by atoms with Crippen LogP contribution in [0.5, 0.6) is 0 Å². The number of benzene rings is 17. The van der Waals surface area contributed by atoms with E-state index in [0.717, 1.165) is 0 Å². The van der Waals surface area contributed by atoms with Crippen molar-refractivity contribution in [1.82, 2.24) is 0 Å². The van der Waals surface area contributed by atoms with E-state index in [-0.39, 0.29) is 10.8 Å². The van der Waals surface area contributed by atoms with Crippen LogP contribution in [0, 0.1) is 0 Å². The highest BCUT2D eigenvalue weighted by Crippen LogP contribution is 2.57. The Kier molecular flexibility index (Phi) is 12.7. The van der Waals surface area contributed by atoms with E-state index in [1.165, 1.54) is 187 Å². The zero-order valence-electron chi connectivity index (χ0n) is 53.2. The van der Waals surface area contributed by atoms with Crippen molar-refractivity contribution < 1.29 is 0 Å². The van der Waals surface area contributed by atoms with Crippen molar-refractivity contribution in [2.75, 3.05) is 0 Å². The maximum atomic E-state index is 2.49. The first-order chi connectivity index (χ1) is 46.2. The Labute approximate surface area is 549 Å². The summed E-state index contributed by atoms with van der Waals surface area (Å²) in [6, 6.07) is 121. The minimum Gasteiger partial charge on any atom is -0.0622 e. The SMILES string of the molecule is CC1(C)c2ccc(-c3c4ccccc4c(-c4ccc(-c5ccccc5)cc4)c4ccccc34)cc2-c2c1c1ccccc1c1ccccc21.CC1(C)c2ccc(-c3c4ccccc4c(-c4ccc(-c5ccccc5)cc4)c4ccccc34)cc2-c2cc3ccccc3cc21. The molecule has 0 N–H and O–H groups in total. The summed E-state index contributed by atoms with van der Waals surface area (Å²) in [4.78, 5) is 0. The molecule has 0 radical (unpaired) electrons. The third-order valence-corrected chi connectivity index (χ3v) is 21.1. The molecule has 0 fully saturated rings. The summed E-state index contributed by atoms with van der Waals surface area (Å²) in [6.45, 7) is 9.55. The molecule has 0 heteroatoms. The summed E-state index contributed by atoms with van der Waals surface area (Å²) < 4.78 is 0. The van der Waals surface area contributed by atoms with E-state index >= 15 is 0 Å². The van der Waals surface area contributed by atoms with Crippen LogP contribution in [-0.2, 0) is 10.8 Å². The molecule has 2 aliphatic rings. The Morgan fingerprint density at radius 1 is 0.170 bits per heavy atom. The molecule has 94 heavy (non-hydrogen) atoms. The number of hydrogen-bond donors (Lipinski definition) is 0. The second-order valence-corrected chi connectivity index (χ2v) is 26.9. The normalized spacial score (nSPS) is 13.3. The van der Waals surface area contributed by atoms with Crippen LogP contribution in [0.15, 0.2) is 328 Å². The molecular weight excluding hydrogens is 1130 g/mol. The van der Waals surface area contributed by atoms with Gasteiger partial charge in [-0.1, -0.05) is 331 Å². The van der Waals surface area contributed by atoms with Crippen LogP contribution in [0.4, 0.5) is 0 Å². The van der Waals surface area contributed by atoms with E-state index in [9.17, 15) is 0 Å². The summed E-state index contributed by atoms with van der Waals surface area (Å²) in [7, 11) is 0. The first-order valence-corrected chi connectivity index (χ1v) is 33.1. The van der Waals surface area contributed by atoms with E-state index in [0.29, 0.717) is 0 Å². The van der Waals surface area contributed by atoms with Crippen LogP contribution in [0.25, 0.3) is 164 Å². The first kappa shape index (κ1) is 55.4. The Balaban J connectivity index is 0.000000138. The quantitative estimate of drug-likeness (QED) is 0.115. The maximum absolute atomic E-state index is 2.49. The highest BCUT2D eigenvalue weighted by Gasteiger charge is 2.39. The van der Waals surface area contributed by atoms with Gasteiger partial charge in [-0.25, -0.2) is 0 Å². The smallest absolute Gasteiger partial charge is 0.0165 e. The fourth-order valence-corrected chi connectivity index (χ4v) is 16.7. The van der Waals surface area contributed by atoms with Gasteiger partial charge in [0.1, 0.15) is 0 Å². The molecule has 0 bridgehead atoms. The molecule has 17 aromatic carbocycles. The van der Waals surface area contributed by atoms with Crippen LogP contribution >= 0.6 is 0 Å². The van der Waals surface area contributed by atoms with E-state index in [2.05, 4.69) is 355 Å². The fraction of sp³-hybridized carbons (Fsp3) is 0.0638. The number of rotatable bonds is 6. The standard InChI is InChI=1S/C49H34.C45H32/c1-49(2)44-29-28-34(30-43(44)47-37-18-8-6-16-35(37)36-17-7-13-23-42(36)48(47)49)46-40-21-11-9-19-38(40)45(39-20-10-12-22-41(39)46)33-26-24-32(25-27-33)31-14-4-3-5-15-31;1-45(2)41-25-24-34(27-39(41)40-26-32-14-6-7-15-33(32)28-42(40)45)44-37-18-10-8-16-35(37)43(36-17-9-11-19-38(36)44)31-22-20-30(21-23-31)29-12-4-3-5-13-29/h3-30H,1-2H3;3-28H,1-2H3. The molecule has 0 spiro atoms. The minimum atomic E-state index is -0.118. The molecule has 19 rings (SSSR count). The van der Waals surface area contributed by atoms with E-state index in [1.54, 1.807) is 0 Å². The Morgan fingerprint density at radius 3 is 0.872 bits per heavy atom. The Bertz CT molecular complexity index is 5810. The molecule has 0 unspecified atom stereocenters. The fourth-order valence-electron chi connectivity index (χ4n) is 16.7. The van der Waals surface area contributed by atoms with Gasteiger partial charge in [0.25, 0.3) is 0 Å². The third kappa shape index (κ3) is 8.60. The molecule has 0 aromatic heterocycles. The van der Waals surface area contributed by atoms with Gasteiger partial charge in [-0.05, 0) is 211 Å². The minimum absolute atomic E-state index is 0.0485. The molecule has 442 valence electrons. The van der Waals surface area contributed by atoms with Crippen molar-refractivity contribution >= 4 is 75.4 Å². The van der Waals surface area contributed by atoms with Crippen LogP contribution in [0.3, 0.4) is 0 Å². The molecule has 0 atom stereocenters. The second kappa shape index (κ2) is 21.6. The lowest BCUT2D eigenvalue weighted by atomic mass is 9.79. The molecule has 0 amide bonds. The molecule has 0 saturated carbocycles. The van der Waals surface area contributed by atoms with Gasteiger partial charge in [0.05, 0.1) is 0 Å². The highest BCUT2D eigenvalue weighted by atomic mass is 14.4. The van der Waals surface area contributed by atoms with Crippen LogP contribution in [-0.4, -0.2) is 0 Å². The Hall–Kier alpha value is -11.4. The van der Waals surface area contributed by atoms with Gasteiger partial charge in [0, 0.05) is 10.8 Å². The molecule has 0 aliphatic heterocycles. The summed E-state index contributed by atoms with van der Waals surface area (Å²) in [5.41, 5.74) is 26.1.